The first-order chi connectivity index (χ1) is 11.6. The number of carbonyl (C=O) groups excluding carboxylic acids is 1. The second kappa shape index (κ2) is 7.22. The van der Waals surface area contributed by atoms with E-state index in [1.54, 1.807) is 6.92 Å². The fraction of sp³-hybridized carbons (Fsp3) is 0.150. The van der Waals surface area contributed by atoms with Gasteiger partial charge in [-0.25, -0.2) is 0 Å². The van der Waals surface area contributed by atoms with Crippen LogP contribution < -0.4 is 0 Å². The van der Waals surface area contributed by atoms with Crippen molar-refractivity contribution in [3.8, 4) is 11.3 Å². The Balaban J connectivity index is 1.81. The van der Waals surface area contributed by atoms with E-state index in [1.165, 1.54) is 5.56 Å². The second-order valence-corrected chi connectivity index (χ2v) is 5.80. The van der Waals surface area contributed by atoms with Crippen LogP contribution in [0.2, 0.25) is 0 Å². The molecule has 0 aliphatic heterocycles. The van der Waals surface area contributed by atoms with Gasteiger partial charge in [0.15, 0.2) is 0 Å². The molecule has 3 rings (SSSR count). The van der Waals surface area contributed by atoms with Crippen molar-refractivity contribution in [1.82, 2.24) is 9.55 Å². The van der Waals surface area contributed by atoms with Crippen molar-refractivity contribution in [1.29, 1.82) is 0 Å². The van der Waals surface area contributed by atoms with Crippen LogP contribution in [-0.2, 0) is 13.5 Å². The number of hydrogen-bond acceptors (Lipinski definition) is 2. The normalized spacial score (nSPS) is 10.9. The van der Waals surface area contributed by atoms with Gasteiger partial charge in [0.2, 0.25) is 0 Å². The zero-order valence-electron chi connectivity index (χ0n) is 13.9. The van der Waals surface area contributed by atoms with Gasteiger partial charge >= 0.3 is 142 Å². The van der Waals surface area contributed by atoms with Gasteiger partial charge in [-0.05, 0) is 0 Å². The third-order valence-electron chi connectivity index (χ3n) is 4.12. The van der Waals surface area contributed by atoms with E-state index in [-0.39, 0.29) is 5.78 Å². The van der Waals surface area contributed by atoms with Gasteiger partial charge in [0, 0.05) is 0 Å². The molecule has 0 saturated heterocycles. The van der Waals surface area contributed by atoms with Gasteiger partial charge in [-0.2, -0.15) is 0 Å². The SMILES string of the molecule is CC(=O)c1cccc(-c2cbc(/C=C\Cc3ccncc3)n2C)c1. The molecule has 0 bridgehead atoms. The van der Waals surface area contributed by atoms with Crippen LogP contribution in [0.1, 0.15) is 28.4 Å². The Morgan fingerprint density at radius 1 is 1.25 bits per heavy atom. The monoisotopic (exact) mass is 314 g/mol. The van der Waals surface area contributed by atoms with Crippen molar-refractivity contribution in [2.75, 3.05) is 0 Å². The first-order valence-corrected chi connectivity index (χ1v) is 7.97. The van der Waals surface area contributed by atoms with Gasteiger partial charge in [0.1, 0.15) is 0 Å². The Morgan fingerprint density at radius 3 is 2.79 bits per heavy atom. The Kier molecular flexibility index (Phi) is 4.85. The number of aromatic nitrogens is 2. The summed E-state index contributed by atoms with van der Waals surface area (Å²) in [5.74, 6) is 2.18. The van der Waals surface area contributed by atoms with E-state index in [2.05, 4.69) is 34.6 Å². The first-order valence-electron chi connectivity index (χ1n) is 7.97. The molecular weight excluding hydrogens is 295 g/mol. The molecule has 0 atom stereocenters. The predicted molar refractivity (Wildman–Crippen MR) is 99.2 cm³/mol. The zero-order chi connectivity index (χ0) is 16.9. The van der Waals surface area contributed by atoms with E-state index in [9.17, 15) is 4.79 Å². The Bertz CT molecular complexity index is 882. The minimum atomic E-state index is 0.0866. The molecule has 1 aromatic carbocycles. The molecule has 3 nitrogen and oxygen atoms in total. The molecule has 0 unspecified atom stereocenters. The van der Waals surface area contributed by atoms with Gasteiger partial charge in [-0.1, -0.05) is 0 Å². The number of carbonyl (C=O) groups is 1. The summed E-state index contributed by atoms with van der Waals surface area (Å²) in [7, 11) is 2.04. The quantitative estimate of drug-likeness (QED) is 0.670. The molecule has 0 radical (unpaired) electrons. The van der Waals surface area contributed by atoms with Crippen molar-refractivity contribution in [2.45, 2.75) is 13.3 Å². The van der Waals surface area contributed by atoms with E-state index in [0.29, 0.717) is 0 Å². The van der Waals surface area contributed by atoms with Crippen LogP contribution in [0, 0.1) is 0 Å². The summed E-state index contributed by atoms with van der Waals surface area (Å²) < 4.78 is 2.14. The van der Waals surface area contributed by atoms with Crippen molar-refractivity contribution < 1.29 is 4.79 Å². The number of rotatable bonds is 5. The minimum absolute atomic E-state index is 0.0866. The third kappa shape index (κ3) is 3.59. The van der Waals surface area contributed by atoms with E-state index in [0.717, 1.165) is 28.8 Å². The topological polar surface area (TPSA) is 34.9 Å². The maximum atomic E-state index is 11.6. The van der Waals surface area contributed by atoms with Gasteiger partial charge in [-0.15, -0.1) is 0 Å². The zero-order valence-corrected chi connectivity index (χ0v) is 13.9. The van der Waals surface area contributed by atoms with Crippen LogP contribution >= 0.6 is 0 Å². The first kappa shape index (κ1) is 16.1. The summed E-state index contributed by atoms with van der Waals surface area (Å²) in [6, 6.07) is 11.8. The standard InChI is InChI=1S/C20H19BN2O/c1-15(24)17-6-4-7-18(13-17)19-14-21-20(23(19)2)8-3-5-16-9-11-22-12-10-16/h3-4,6-14H,5H2,1-2H3/b8-3-. The molecule has 0 saturated carbocycles. The van der Waals surface area contributed by atoms with Crippen molar-refractivity contribution in [2.24, 2.45) is 7.05 Å². The van der Waals surface area contributed by atoms with Gasteiger partial charge in [0.05, 0.1) is 0 Å². The number of pyridine rings is 1. The average Bonchev–Trinajstić information content (AvgIpc) is 2.97. The van der Waals surface area contributed by atoms with Crippen LogP contribution in [-0.4, -0.2) is 22.2 Å². The summed E-state index contributed by atoms with van der Waals surface area (Å²) in [6.45, 7) is 3.69. The molecule has 0 aliphatic rings. The summed E-state index contributed by atoms with van der Waals surface area (Å²) in [5, 5.41) is 0. The van der Waals surface area contributed by atoms with Crippen LogP contribution in [0.25, 0.3) is 17.3 Å². The fourth-order valence-corrected chi connectivity index (χ4v) is 2.72. The molecule has 0 N–H and O–H groups in total. The summed E-state index contributed by atoms with van der Waals surface area (Å²) in [6.07, 6.45) is 8.78. The van der Waals surface area contributed by atoms with Gasteiger partial charge in [-0.3, -0.25) is 0 Å². The van der Waals surface area contributed by atoms with Crippen molar-refractivity contribution in [3.05, 3.63) is 77.5 Å². The summed E-state index contributed by atoms with van der Waals surface area (Å²) >= 11 is 0. The number of hydrogen-bond donors (Lipinski definition) is 0. The van der Waals surface area contributed by atoms with E-state index < -0.39 is 0 Å². The van der Waals surface area contributed by atoms with Crippen molar-refractivity contribution >= 4 is 18.8 Å². The maximum absolute atomic E-state index is 11.6. The molecule has 2 heterocycles. The molecule has 0 amide bonds. The second-order valence-electron chi connectivity index (χ2n) is 5.80. The number of nitrogens with zero attached hydrogens (tertiary/aromatic N) is 2. The predicted octanol–water partition coefficient (Wildman–Crippen LogP) is 3.88. The molecule has 24 heavy (non-hydrogen) atoms. The van der Waals surface area contributed by atoms with Crippen LogP contribution in [0.4, 0.5) is 0 Å². The Morgan fingerprint density at radius 2 is 2.04 bits per heavy atom. The van der Waals surface area contributed by atoms with E-state index in [1.807, 2.05) is 55.8 Å². The van der Waals surface area contributed by atoms with Crippen LogP contribution in [0.3, 0.4) is 0 Å². The fourth-order valence-electron chi connectivity index (χ4n) is 2.72. The van der Waals surface area contributed by atoms with Crippen LogP contribution in [0.15, 0.2) is 60.8 Å². The molecule has 118 valence electrons. The Labute approximate surface area is 142 Å². The van der Waals surface area contributed by atoms with E-state index >= 15 is 0 Å². The number of Topliss-reactive ketones (excluding diaryl/α,β-unsaturated/α-hetero) is 1. The number of benzene rings is 1. The molecule has 0 aliphatic carbocycles. The van der Waals surface area contributed by atoms with Gasteiger partial charge in [0.25, 0.3) is 0 Å². The van der Waals surface area contributed by atoms with Crippen LogP contribution in [0.5, 0.6) is 0 Å². The molecule has 0 fully saturated rings. The molecule has 0 spiro atoms. The van der Waals surface area contributed by atoms with E-state index in [4.69, 9.17) is 0 Å². The third-order valence-corrected chi connectivity index (χ3v) is 4.12. The summed E-state index contributed by atoms with van der Waals surface area (Å²) in [5.41, 5.74) is 5.27. The molecule has 4 heteroatoms. The Hall–Kier alpha value is -2.75. The molecule has 2 aromatic heterocycles. The molecule has 3 aromatic rings. The average molecular weight is 314 g/mol. The number of ketones is 1. The molecular formula is C20H19BN2O. The number of allylic oxidation sites excluding steroid dienone is 1. The van der Waals surface area contributed by atoms with Crippen molar-refractivity contribution in [3.63, 3.8) is 0 Å². The summed E-state index contributed by atoms with van der Waals surface area (Å²) in [4.78, 5) is 15.6. The van der Waals surface area contributed by atoms with Gasteiger partial charge < -0.3 is 0 Å².